The first-order valence-corrected chi connectivity index (χ1v) is 10.6. The second-order valence-electron chi connectivity index (χ2n) is 8.73. The van der Waals surface area contributed by atoms with Crippen LogP contribution in [0.2, 0.25) is 0 Å². The molecule has 4 amide bonds. The molecule has 0 aromatic heterocycles. The predicted octanol–water partition coefficient (Wildman–Crippen LogP) is -0.161. The Hall–Kier alpha value is -2.85. The van der Waals surface area contributed by atoms with Gasteiger partial charge in [0.1, 0.15) is 11.9 Å². The molecule has 3 saturated heterocycles. The summed E-state index contributed by atoms with van der Waals surface area (Å²) in [7, 11) is 0. The maximum atomic E-state index is 14.9. The lowest BCUT2D eigenvalue weighted by Gasteiger charge is -2.46. The summed E-state index contributed by atoms with van der Waals surface area (Å²) in [6.07, 6.45) is 1.86. The molecule has 3 fully saturated rings. The van der Waals surface area contributed by atoms with E-state index >= 15 is 0 Å². The van der Waals surface area contributed by atoms with Gasteiger partial charge in [-0.05, 0) is 31.4 Å². The van der Waals surface area contributed by atoms with E-state index in [1.54, 1.807) is 0 Å². The zero-order valence-electron chi connectivity index (χ0n) is 17.0. The van der Waals surface area contributed by atoms with Crippen molar-refractivity contribution in [3.05, 3.63) is 29.1 Å². The number of hydrogen-bond acceptors (Lipinski definition) is 7. The molecule has 4 aliphatic heterocycles. The van der Waals surface area contributed by atoms with Gasteiger partial charge in [-0.15, -0.1) is 0 Å². The normalized spacial score (nSPS) is 25.7. The molecule has 10 heteroatoms. The molecule has 3 N–H and O–H groups in total. The lowest BCUT2D eigenvalue weighted by Crippen LogP contribution is -2.61. The molecule has 4 aliphatic rings. The van der Waals surface area contributed by atoms with Crippen molar-refractivity contribution in [1.82, 2.24) is 15.1 Å². The van der Waals surface area contributed by atoms with Gasteiger partial charge in [0, 0.05) is 44.7 Å². The van der Waals surface area contributed by atoms with Crippen LogP contribution in [0.1, 0.15) is 46.4 Å². The average molecular weight is 429 g/mol. The molecular formula is C21H24FN5O4. The Balaban J connectivity index is 1.35. The fraction of sp³-hybridized carbons (Fsp3) is 0.524. The minimum Gasteiger partial charge on any atom is -0.369 e. The van der Waals surface area contributed by atoms with Gasteiger partial charge in [-0.3, -0.25) is 34.3 Å². The number of hydrogen-bond donors (Lipinski definition) is 2. The number of amides is 4. The van der Waals surface area contributed by atoms with E-state index in [2.05, 4.69) is 10.2 Å². The molecule has 4 heterocycles. The van der Waals surface area contributed by atoms with Crippen molar-refractivity contribution in [2.45, 2.75) is 43.8 Å². The van der Waals surface area contributed by atoms with Crippen LogP contribution in [0, 0.1) is 5.82 Å². The van der Waals surface area contributed by atoms with E-state index in [-0.39, 0.29) is 30.0 Å². The van der Waals surface area contributed by atoms with Gasteiger partial charge in [0.2, 0.25) is 11.8 Å². The van der Waals surface area contributed by atoms with E-state index in [4.69, 9.17) is 5.73 Å². The van der Waals surface area contributed by atoms with Crippen molar-refractivity contribution in [2.24, 2.45) is 5.73 Å². The molecule has 1 atom stereocenters. The molecule has 0 spiro atoms. The number of nitrogens with zero attached hydrogens (tertiary/aromatic N) is 3. The Kier molecular flexibility index (Phi) is 4.78. The number of carbonyl (C=O) groups excluding carboxylic acids is 4. The number of nitrogens with one attached hydrogen (secondary N) is 1. The first-order chi connectivity index (χ1) is 14.8. The summed E-state index contributed by atoms with van der Waals surface area (Å²) in [4.78, 5) is 54.5. The smallest absolute Gasteiger partial charge is 0.262 e. The maximum absolute atomic E-state index is 14.9. The minimum absolute atomic E-state index is 0.0413. The summed E-state index contributed by atoms with van der Waals surface area (Å²) in [5.41, 5.74) is 6.22. The van der Waals surface area contributed by atoms with Gasteiger partial charge in [0.05, 0.1) is 16.8 Å². The van der Waals surface area contributed by atoms with Crippen LogP contribution in [0.4, 0.5) is 10.1 Å². The first kappa shape index (κ1) is 20.1. The van der Waals surface area contributed by atoms with Gasteiger partial charge in [-0.25, -0.2) is 4.39 Å². The Labute approximate surface area is 178 Å². The van der Waals surface area contributed by atoms with Crippen molar-refractivity contribution in [3.8, 4) is 0 Å². The molecule has 9 nitrogen and oxygen atoms in total. The number of halogens is 1. The van der Waals surface area contributed by atoms with Gasteiger partial charge in [-0.2, -0.15) is 0 Å². The van der Waals surface area contributed by atoms with E-state index < -0.39 is 35.5 Å². The topological polar surface area (TPSA) is 116 Å². The van der Waals surface area contributed by atoms with E-state index in [0.717, 1.165) is 36.9 Å². The second kappa shape index (κ2) is 7.38. The fourth-order valence-corrected chi connectivity index (χ4v) is 5.04. The highest BCUT2D eigenvalue weighted by molar-refractivity contribution is 6.23. The molecule has 0 aliphatic carbocycles. The lowest BCUT2D eigenvalue weighted by molar-refractivity contribution is -0.136. The zero-order chi connectivity index (χ0) is 21.9. The predicted molar refractivity (Wildman–Crippen MR) is 108 cm³/mol. The first-order valence-electron chi connectivity index (χ1n) is 10.6. The van der Waals surface area contributed by atoms with E-state index in [9.17, 15) is 23.6 Å². The van der Waals surface area contributed by atoms with Crippen LogP contribution < -0.4 is 16.0 Å². The highest BCUT2D eigenvalue weighted by atomic mass is 19.1. The van der Waals surface area contributed by atoms with E-state index in [1.807, 2.05) is 4.90 Å². The molecule has 0 bridgehead atoms. The van der Waals surface area contributed by atoms with Crippen molar-refractivity contribution in [2.75, 3.05) is 31.1 Å². The quantitative estimate of drug-likeness (QED) is 0.642. The highest BCUT2D eigenvalue weighted by Gasteiger charge is 2.45. The Morgan fingerprint density at radius 2 is 1.61 bits per heavy atom. The number of piperidine rings is 2. The summed E-state index contributed by atoms with van der Waals surface area (Å²) in [6.45, 7) is 3.07. The van der Waals surface area contributed by atoms with Gasteiger partial charge >= 0.3 is 0 Å². The Morgan fingerprint density at radius 3 is 2.23 bits per heavy atom. The lowest BCUT2D eigenvalue weighted by atomic mass is 9.97. The van der Waals surface area contributed by atoms with Gasteiger partial charge in [0.15, 0.2) is 0 Å². The SMILES string of the molecule is NC1CN(C2CCN(c3cc4c(cc3F)C(=O)N(C3CCC(=O)NC3=O)C4=O)CC2)C1. The maximum Gasteiger partial charge on any atom is 0.262 e. The third-order valence-electron chi connectivity index (χ3n) is 6.77. The molecule has 1 unspecified atom stereocenters. The Morgan fingerprint density at radius 1 is 0.968 bits per heavy atom. The molecule has 0 saturated carbocycles. The van der Waals surface area contributed by atoms with Crippen LogP contribution in [0.5, 0.6) is 0 Å². The van der Waals surface area contributed by atoms with Crippen LogP contribution in [-0.4, -0.2) is 77.7 Å². The molecule has 1 aromatic carbocycles. The number of imide groups is 2. The second-order valence-corrected chi connectivity index (χ2v) is 8.73. The van der Waals surface area contributed by atoms with Gasteiger partial charge < -0.3 is 10.6 Å². The molecule has 1 aromatic rings. The van der Waals surface area contributed by atoms with Crippen LogP contribution >= 0.6 is 0 Å². The summed E-state index contributed by atoms with van der Waals surface area (Å²) >= 11 is 0. The monoisotopic (exact) mass is 429 g/mol. The Bertz CT molecular complexity index is 984. The number of benzene rings is 1. The number of likely N-dealkylation sites (tertiary alicyclic amines) is 1. The van der Waals surface area contributed by atoms with Gasteiger partial charge in [-0.1, -0.05) is 0 Å². The van der Waals surface area contributed by atoms with Crippen molar-refractivity contribution >= 4 is 29.3 Å². The minimum atomic E-state index is -1.06. The summed E-state index contributed by atoms with van der Waals surface area (Å²) in [5.74, 6) is -3.00. The molecule has 164 valence electrons. The molecule has 31 heavy (non-hydrogen) atoms. The fourth-order valence-electron chi connectivity index (χ4n) is 5.04. The highest BCUT2D eigenvalue weighted by Crippen LogP contribution is 2.34. The summed E-state index contributed by atoms with van der Waals surface area (Å²) in [6, 6.07) is 2.13. The average Bonchev–Trinajstić information content (AvgIpc) is 2.95. The molecule has 0 radical (unpaired) electrons. The van der Waals surface area contributed by atoms with Crippen LogP contribution in [0.15, 0.2) is 12.1 Å². The number of nitrogens with two attached hydrogens (primary N) is 1. The number of anilines is 1. The number of carbonyl (C=O) groups is 4. The number of rotatable bonds is 3. The van der Waals surface area contributed by atoms with Crippen LogP contribution in [-0.2, 0) is 9.59 Å². The standard InChI is InChI=1S/C21H24FN5O4/c22-15-7-13-14(21(31)27(20(13)30)16-1-2-18(28)24-19(16)29)8-17(15)25-5-3-12(4-6-25)26-9-11(23)10-26/h7-8,11-12,16H,1-6,9-10,23H2,(H,24,28,29). The summed E-state index contributed by atoms with van der Waals surface area (Å²) < 4.78 is 14.9. The third-order valence-corrected chi connectivity index (χ3v) is 6.77. The van der Waals surface area contributed by atoms with Gasteiger partial charge in [0.25, 0.3) is 11.8 Å². The van der Waals surface area contributed by atoms with Crippen LogP contribution in [0.3, 0.4) is 0 Å². The summed E-state index contributed by atoms with van der Waals surface area (Å²) in [5, 5.41) is 2.16. The van der Waals surface area contributed by atoms with Crippen molar-refractivity contribution in [1.29, 1.82) is 0 Å². The molecule has 5 rings (SSSR count). The van der Waals surface area contributed by atoms with Crippen molar-refractivity contribution < 1.29 is 23.6 Å². The van der Waals surface area contributed by atoms with E-state index in [1.165, 1.54) is 6.07 Å². The van der Waals surface area contributed by atoms with Crippen LogP contribution in [0.25, 0.3) is 0 Å². The molecular weight excluding hydrogens is 405 g/mol. The third kappa shape index (κ3) is 3.30. The van der Waals surface area contributed by atoms with E-state index in [0.29, 0.717) is 24.8 Å². The van der Waals surface area contributed by atoms with Crippen molar-refractivity contribution in [3.63, 3.8) is 0 Å². The largest absolute Gasteiger partial charge is 0.369 e. The number of fused-ring (bicyclic) bond motifs is 1. The zero-order valence-corrected chi connectivity index (χ0v) is 17.0.